The van der Waals surface area contributed by atoms with Gasteiger partial charge in [0, 0.05) is 10.0 Å². The highest BCUT2D eigenvalue weighted by atomic mass is 35.5. The van der Waals surface area contributed by atoms with Crippen LogP contribution >= 0.6 is 23.2 Å². The van der Waals surface area contributed by atoms with E-state index in [1.807, 2.05) is 26.0 Å². The standard InChI is InChI=1S/C30H28Cl2N2O4S/c1-21-3-17-29(18-4-21)39(36,37)34(19-23-5-9-25(31)10-6-23)27-13-15-28(16-14-27)38-20-30(35)33-22(2)24-7-11-26(32)12-8-24/h3-18,22H,19-20H2,1-2H3,(H,33,35)/t22-/m0/s1. The Kier molecular flexibility index (Phi) is 9.17. The van der Waals surface area contributed by atoms with Crippen LogP contribution in [0.5, 0.6) is 5.75 Å². The van der Waals surface area contributed by atoms with Gasteiger partial charge >= 0.3 is 0 Å². The van der Waals surface area contributed by atoms with Crippen molar-refractivity contribution in [3.05, 3.63) is 124 Å². The average molecular weight is 584 g/mol. The molecule has 4 aromatic carbocycles. The van der Waals surface area contributed by atoms with E-state index in [1.54, 1.807) is 84.9 Å². The van der Waals surface area contributed by atoms with Crippen LogP contribution < -0.4 is 14.4 Å². The summed E-state index contributed by atoms with van der Waals surface area (Å²) in [5.74, 6) is 0.153. The average Bonchev–Trinajstić information content (AvgIpc) is 2.92. The molecule has 0 aliphatic heterocycles. The van der Waals surface area contributed by atoms with Gasteiger partial charge in [0.05, 0.1) is 23.2 Å². The van der Waals surface area contributed by atoms with E-state index in [-0.39, 0.29) is 30.0 Å². The maximum absolute atomic E-state index is 13.7. The SMILES string of the molecule is Cc1ccc(S(=O)(=O)N(Cc2ccc(Cl)cc2)c2ccc(OCC(=O)N[C@@H](C)c3ccc(Cl)cc3)cc2)cc1. The number of hydrogen-bond donors (Lipinski definition) is 1. The second-order valence-electron chi connectivity index (χ2n) is 9.07. The van der Waals surface area contributed by atoms with Crippen LogP contribution in [0.25, 0.3) is 0 Å². The zero-order valence-corrected chi connectivity index (χ0v) is 23.8. The van der Waals surface area contributed by atoms with Gasteiger partial charge in [0.1, 0.15) is 5.75 Å². The van der Waals surface area contributed by atoms with E-state index in [4.69, 9.17) is 27.9 Å². The number of carbonyl (C=O) groups is 1. The van der Waals surface area contributed by atoms with Crippen LogP contribution in [0.2, 0.25) is 10.0 Å². The van der Waals surface area contributed by atoms with Crippen molar-refractivity contribution >= 4 is 44.8 Å². The number of nitrogens with one attached hydrogen (secondary N) is 1. The zero-order chi connectivity index (χ0) is 28.0. The number of nitrogens with zero attached hydrogens (tertiary/aromatic N) is 1. The molecule has 202 valence electrons. The number of carbonyl (C=O) groups excluding carboxylic acids is 1. The van der Waals surface area contributed by atoms with E-state index in [2.05, 4.69) is 5.32 Å². The highest BCUT2D eigenvalue weighted by molar-refractivity contribution is 7.92. The number of anilines is 1. The van der Waals surface area contributed by atoms with Crippen molar-refractivity contribution in [2.45, 2.75) is 31.3 Å². The summed E-state index contributed by atoms with van der Waals surface area (Å²) in [6.07, 6.45) is 0. The molecule has 1 amide bonds. The number of aryl methyl sites for hydroxylation is 1. The third-order valence-corrected chi connectivity index (χ3v) is 8.38. The molecule has 39 heavy (non-hydrogen) atoms. The van der Waals surface area contributed by atoms with Gasteiger partial charge in [-0.25, -0.2) is 8.42 Å². The number of sulfonamides is 1. The Labute approximate surface area is 239 Å². The Balaban J connectivity index is 1.48. The van der Waals surface area contributed by atoms with Gasteiger partial charge in [-0.2, -0.15) is 0 Å². The van der Waals surface area contributed by atoms with Gasteiger partial charge in [0.25, 0.3) is 15.9 Å². The smallest absolute Gasteiger partial charge is 0.264 e. The largest absolute Gasteiger partial charge is 0.484 e. The summed E-state index contributed by atoms with van der Waals surface area (Å²) in [4.78, 5) is 12.6. The monoisotopic (exact) mass is 582 g/mol. The third kappa shape index (κ3) is 7.53. The number of rotatable bonds is 10. The van der Waals surface area contributed by atoms with Crippen LogP contribution in [-0.4, -0.2) is 20.9 Å². The minimum Gasteiger partial charge on any atom is -0.484 e. The normalized spacial score (nSPS) is 12.0. The van der Waals surface area contributed by atoms with Crippen LogP contribution in [0.1, 0.15) is 29.7 Å². The first-order chi connectivity index (χ1) is 18.6. The summed E-state index contributed by atoms with van der Waals surface area (Å²) >= 11 is 12.0. The number of benzene rings is 4. The van der Waals surface area contributed by atoms with E-state index in [9.17, 15) is 13.2 Å². The van der Waals surface area contributed by atoms with Crippen molar-refractivity contribution in [2.75, 3.05) is 10.9 Å². The maximum atomic E-state index is 13.7. The fraction of sp³-hybridized carbons (Fsp3) is 0.167. The van der Waals surface area contributed by atoms with Crippen LogP contribution in [0, 0.1) is 6.92 Å². The Hall–Kier alpha value is -3.52. The molecule has 0 unspecified atom stereocenters. The molecular weight excluding hydrogens is 555 g/mol. The molecule has 0 spiro atoms. The lowest BCUT2D eigenvalue weighted by molar-refractivity contribution is -0.123. The van der Waals surface area contributed by atoms with Crippen molar-refractivity contribution in [3.63, 3.8) is 0 Å². The molecule has 0 radical (unpaired) electrons. The van der Waals surface area contributed by atoms with Crippen molar-refractivity contribution in [3.8, 4) is 5.75 Å². The highest BCUT2D eigenvalue weighted by Crippen LogP contribution is 2.28. The molecular formula is C30H28Cl2N2O4S. The minimum absolute atomic E-state index is 0.110. The molecule has 4 rings (SSSR count). The molecule has 0 aromatic heterocycles. The fourth-order valence-corrected chi connectivity index (χ4v) is 5.59. The second kappa shape index (κ2) is 12.6. The topological polar surface area (TPSA) is 75.7 Å². The van der Waals surface area contributed by atoms with Crippen molar-refractivity contribution in [1.29, 1.82) is 0 Å². The van der Waals surface area contributed by atoms with Gasteiger partial charge in [0.2, 0.25) is 0 Å². The third-order valence-electron chi connectivity index (χ3n) is 6.09. The Morgan fingerprint density at radius 3 is 2.00 bits per heavy atom. The first kappa shape index (κ1) is 28.5. The first-order valence-electron chi connectivity index (χ1n) is 12.2. The van der Waals surface area contributed by atoms with Crippen molar-refractivity contribution in [2.24, 2.45) is 0 Å². The second-order valence-corrected chi connectivity index (χ2v) is 11.8. The molecule has 0 bridgehead atoms. The Bertz CT molecular complexity index is 1510. The molecule has 0 aliphatic rings. The quantitative estimate of drug-likeness (QED) is 0.219. The lowest BCUT2D eigenvalue weighted by atomic mass is 10.1. The lowest BCUT2D eigenvalue weighted by Crippen LogP contribution is -2.31. The first-order valence-corrected chi connectivity index (χ1v) is 14.4. The van der Waals surface area contributed by atoms with E-state index in [0.29, 0.717) is 21.5 Å². The van der Waals surface area contributed by atoms with Gasteiger partial charge in [-0.05, 0) is 85.6 Å². The zero-order valence-electron chi connectivity index (χ0n) is 21.5. The fourth-order valence-electron chi connectivity index (χ4n) is 3.88. The van der Waals surface area contributed by atoms with E-state index in [1.165, 1.54) is 4.31 Å². The molecule has 1 N–H and O–H groups in total. The summed E-state index contributed by atoms with van der Waals surface area (Å²) in [7, 11) is -3.87. The molecule has 0 saturated heterocycles. The minimum atomic E-state index is -3.87. The van der Waals surface area contributed by atoms with Gasteiger partial charge in [-0.15, -0.1) is 0 Å². The van der Waals surface area contributed by atoms with Crippen molar-refractivity contribution in [1.82, 2.24) is 5.32 Å². The lowest BCUT2D eigenvalue weighted by Gasteiger charge is -2.25. The van der Waals surface area contributed by atoms with Crippen LogP contribution in [0.3, 0.4) is 0 Å². The molecule has 1 atom stereocenters. The highest BCUT2D eigenvalue weighted by Gasteiger charge is 2.25. The van der Waals surface area contributed by atoms with Crippen LogP contribution in [-0.2, 0) is 21.4 Å². The van der Waals surface area contributed by atoms with Gasteiger partial charge < -0.3 is 10.1 Å². The molecule has 6 nitrogen and oxygen atoms in total. The number of halogens is 2. The van der Waals surface area contributed by atoms with Crippen LogP contribution in [0.15, 0.2) is 102 Å². The maximum Gasteiger partial charge on any atom is 0.264 e. The predicted molar refractivity (Wildman–Crippen MR) is 156 cm³/mol. The Morgan fingerprint density at radius 1 is 0.846 bits per heavy atom. The molecule has 0 heterocycles. The van der Waals surface area contributed by atoms with Gasteiger partial charge in [0.15, 0.2) is 6.61 Å². The van der Waals surface area contributed by atoms with Crippen LogP contribution in [0.4, 0.5) is 5.69 Å². The summed E-state index contributed by atoms with van der Waals surface area (Å²) in [6.45, 7) is 3.70. The number of amides is 1. The molecule has 0 aliphatic carbocycles. The molecule has 9 heteroatoms. The van der Waals surface area contributed by atoms with Gasteiger partial charge in [-0.1, -0.05) is 65.2 Å². The van der Waals surface area contributed by atoms with E-state index < -0.39 is 10.0 Å². The van der Waals surface area contributed by atoms with E-state index >= 15 is 0 Å². The molecule has 4 aromatic rings. The summed E-state index contributed by atoms with van der Waals surface area (Å²) < 4.78 is 34.3. The summed E-state index contributed by atoms with van der Waals surface area (Å²) in [5, 5.41) is 4.08. The predicted octanol–water partition coefficient (Wildman–Crippen LogP) is 6.95. The summed E-state index contributed by atoms with van der Waals surface area (Å²) in [5.41, 5.74) is 3.12. The molecule has 0 saturated carbocycles. The number of ether oxygens (including phenoxy) is 1. The number of hydrogen-bond acceptors (Lipinski definition) is 4. The Morgan fingerprint density at radius 2 is 1.41 bits per heavy atom. The van der Waals surface area contributed by atoms with E-state index in [0.717, 1.165) is 16.7 Å². The van der Waals surface area contributed by atoms with Gasteiger partial charge in [-0.3, -0.25) is 9.10 Å². The summed E-state index contributed by atoms with van der Waals surface area (Å²) in [6, 6.07) is 27.4. The van der Waals surface area contributed by atoms with Crippen molar-refractivity contribution < 1.29 is 17.9 Å². The molecule has 0 fully saturated rings.